The second kappa shape index (κ2) is 8.02. The average Bonchev–Trinajstić information content (AvgIpc) is 3.54. The zero-order valence-electron chi connectivity index (χ0n) is 18.2. The van der Waals surface area contributed by atoms with Gasteiger partial charge in [-0.25, -0.2) is 4.79 Å². The highest BCUT2D eigenvalue weighted by Gasteiger charge is 2.31. The number of para-hydroxylation sites is 1. The van der Waals surface area contributed by atoms with Crippen molar-refractivity contribution >= 4 is 39.4 Å². The molecule has 1 aliphatic rings. The summed E-state index contributed by atoms with van der Waals surface area (Å²) in [5, 5.41) is 13.3. The molecular formula is C25H21N3O5. The second-order valence-corrected chi connectivity index (χ2v) is 7.98. The smallest absolute Gasteiger partial charge is 0.341 e. The molecular weight excluding hydrogens is 422 g/mol. The van der Waals surface area contributed by atoms with E-state index in [1.807, 2.05) is 31.2 Å². The van der Waals surface area contributed by atoms with Gasteiger partial charge in [0.25, 0.3) is 5.91 Å². The van der Waals surface area contributed by atoms with Gasteiger partial charge in [0.2, 0.25) is 5.76 Å². The molecule has 1 amide bonds. The van der Waals surface area contributed by atoms with Gasteiger partial charge in [-0.15, -0.1) is 0 Å². The summed E-state index contributed by atoms with van der Waals surface area (Å²) in [6, 6.07) is 14.9. The minimum atomic E-state index is -0.585. The van der Waals surface area contributed by atoms with Gasteiger partial charge in [0, 0.05) is 28.0 Å². The van der Waals surface area contributed by atoms with Crippen LogP contribution in [-0.2, 0) is 9.53 Å². The molecule has 4 aromatic rings. The fourth-order valence-electron chi connectivity index (χ4n) is 4.24. The molecule has 0 aliphatic heterocycles. The first kappa shape index (κ1) is 20.6. The number of amides is 1. The van der Waals surface area contributed by atoms with E-state index in [1.165, 1.54) is 0 Å². The van der Waals surface area contributed by atoms with E-state index in [9.17, 15) is 14.9 Å². The molecule has 0 bridgehead atoms. The van der Waals surface area contributed by atoms with E-state index in [0.29, 0.717) is 28.3 Å². The summed E-state index contributed by atoms with van der Waals surface area (Å²) < 4.78 is 18.3. The molecule has 0 spiro atoms. The van der Waals surface area contributed by atoms with Crippen molar-refractivity contribution in [1.29, 1.82) is 5.26 Å². The predicted octanol–water partition coefficient (Wildman–Crippen LogP) is 4.71. The number of nitriles is 1. The van der Waals surface area contributed by atoms with E-state index in [4.69, 9.17) is 13.9 Å². The normalized spacial score (nSPS) is 13.1. The highest BCUT2D eigenvalue weighted by atomic mass is 16.5. The number of ether oxygens (including phenoxy) is 2. The van der Waals surface area contributed by atoms with Crippen molar-refractivity contribution in [1.82, 2.24) is 4.57 Å². The van der Waals surface area contributed by atoms with E-state index in [0.717, 1.165) is 29.4 Å². The molecule has 0 saturated heterocycles. The van der Waals surface area contributed by atoms with Crippen molar-refractivity contribution in [2.75, 3.05) is 19.0 Å². The Morgan fingerprint density at radius 2 is 2.00 bits per heavy atom. The maximum absolute atomic E-state index is 13.1. The van der Waals surface area contributed by atoms with Crippen LogP contribution in [0, 0.1) is 18.3 Å². The lowest BCUT2D eigenvalue weighted by molar-refractivity contribution is -0.119. The number of hydrogen-bond acceptors (Lipinski definition) is 6. The van der Waals surface area contributed by atoms with Gasteiger partial charge in [-0.2, -0.15) is 5.26 Å². The number of anilines is 1. The number of carbonyl (C=O) groups excluding carboxylic acids is 2. The molecule has 8 heteroatoms. The number of aromatic nitrogens is 1. The van der Waals surface area contributed by atoms with Crippen LogP contribution in [0.5, 0.6) is 5.75 Å². The highest BCUT2D eigenvalue weighted by molar-refractivity contribution is 6.08. The monoisotopic (exact) mass is 443 g/mol. The Morgan fingerprint density at radius 1 is 1.21 bits per heavy atom. The van der Waals surface area contributed by atoms with Crippen LogP contribution in [0.3, 0.4) is 0 Å². The van der Waals surface area contributed by atoms with Crippen LogP contribution in [0.25, 0.3) is 21.9 Å². The van der Waals surface area contributed by atoms with Crippen LogP contribution in [-0.4, -0.2) is 30.2 Å². The summed E-state index contributed by atoms with van der Waals surface area (Å²) in [7, 11) is 1.57. The molecule has 33 heavy (non-hydrogen) atoms. The molecule has 1 N–H and O–H groups in total. The minimum absolute atomic E-state index is 0.00804. The minimum Gasteiger partial charge on any atom is -0.497 e. The number of furan rings is 1. The molecule has 8 nitrogen and oxygen atoms in total. The van der Waals surface area contributed by atoms with Gasteiger partial charge in [0.15, 0.2) is 6.61 Å². The maximum Gasteiger partial charge on any atom is 0.341 e. The van der Waals surface area contributed by atoms with E-state index < -0.39 is 18.5 Å². The Kier molecular flexibility index (Phi) is 5.02. The molecule has 0 radical (unpaired) electrons. The van der Waals surface area contributed by atoms with E-state index >= 15 is 0 Å². The topological polar surface area (TPSA) is 106 Å². The molecule has 1 saturated carbocycles. The van der Waals surface area contributed by atoms with Crippen molar-refractivity contribution in [3.63, 3.8) is 0 Å². The third kappa shape index (κ3) is 3.57. The first-order valence-corrected chi connectivity index (χ1v) is 10.6. The van der Waals surface area contributed by atoms with E-state index in [-0.39, 0.29) is 11.4 Å². The summed E-state index contributed by atoms with van der Waals surface area (Å²) in [5.41, 5.74) is 2.92. The second-order valence-electron chi connectivity index (χ2n) is 7.98. The molecule has 5 rings (SSSR count). The summed E-state index contributed by atoms with van der Waals surface area (Å²) in [4.78, 5) is 25.6. The van der Waals surface area contributed by atoms with Gasteiger partial charge < -0.3 is 23.8 Å². The van der Waals surface area contributed by atoms with Crippen LogP contribution >= 0.6 is 0 Å². The average molecular weight is 443 g/mol. The molecule has 1 aliphatic carbocycles. The summed E-state index contributed by atoms with van der Waals surface area (Å²) in [6.45, 7) is 1.39. The number of esters is 1. The van der Waals surface area contributed by atoms with Gasteiger partial charge >= 0.3 is 5.97 Å². The van der Waals surface area contributed by atoms with Gasteiger partial charge in [-0.05, 0) is 50.1 Å². The van der Waals surface area contributed by atoms with E-state index in [1.54, 1.807) is 31.4 Å². The Balaban J connectivity index is 1.38. The van der Waals surface area contributed by atoms with Crippen LogP contribution in [0.4, 0.5) is 5.69 Å². The number of nitrogens with one attached hydrogen (secondary N) is 1. The fraction of sp³-hybridized carbons (Fsp3) is 0.240. The fourth-order valence-corrected chi connectivity index (χ4v) is 4.24. The first-order chi connectivity index (χ1) is 16.0. The van der Waals surface area contributed by atoms with Gasteiger partial charge in [0.05, 0.1) is 12.7 Å². The number of benzene rings is 2. The molecule has 0 unspecified atom stereocenters. The largest absolute Gasteiger partial charge is 0.497 e. The third-order valence-electron chi connectivity index (χ3n) is 5.87. The van der Waals surface area contributed by atoms with Crippen molar-refractivity contribution in [2.24, 2.45) is 0 Å². The van der Waals surface area contributed by atoms with Crippen LogP contribution in [0.15, 0.2) is 46.9 Å². The number of nitrogens with zero attached hydrogens (tertiary/aromatic N) is 2. The Morgan fingerprint density at radius 3 is 2.73 bits per heavy atom. The van der Waals surface area contributed by atoms with Crippen molar-refractivity contribution in [3.8, 4) is 11.8 Å². The predicted molar refractivity (Wildman–Crippen MR) is 121 cm³/mol. The number of hydrogen-bond donors (Lipinski definition) is 1. The van der Waals surface area contributed by atoms with Crippen LogP contribution in [0.2, 0.25) is 0 Å². The number of carbonyl (C=O) groups is 2. The molecule has 2 heterocycles. The molecule has 2 aromatic heterocycles. The third-order valence-corrected chi connectivity index (χ3v) is 5.87. The maximum atomic E-state index is 13.1. The Bertz CT molecular complexity index is 1450. The summed E-state index contributed by atoms with van der Waals surface area (Å²) >= 11 is 0. The number of rotatable bonds is 6. The van der Waals surface area contributed by atoms with Crippen molar-refractivity contribution < 1.29 is 23.5 Å². The highest BCUT2D eigenvalue weighted by Crippen LogP contribution is 2.42. The molecule has 1 fully saturated rings. The molecule has 0 atom stereocenters. The summed E-state index contributed by atoms with van der Waals surface area (Å²) in [6.07, 6.45) is 2.13. The SMILES string of the molecule is COc1ccc2c(c1)c(C(=O)OCC(=O)Nc1c(C#N)oc3ccccc13)c(C)n2C1CC1. The standard InChI is InChI=1S/C25H21N3O5/c1-14-23(18-11-16(31-2)9-10-19(18)28(14)15-7-8-15)25(30)32-13-22(29)27-24-17-5-3-4-6-20(17)33-21(24)12-26/h3-6,9-11,15H,7-8,13H2,1-2H3,(H,27,29). The zero-order chi connectivity index (χ0) is 23.1. The lowest BCUT2D eigenvalue weighted by Gasteiger charge is -2.08. The number of methoxy groups -OCH3 is 1. The lowest BCUT2D eigenvalue weighted by atomic mass is 10.1. The molecule has 2 aromatic carbocycles. The Labute approximate surface area is 189 Å². The summed E-state index contributed by atoms with van der Waals surface area (Å²) in [5.74, 6) is -0.519. The Hall–Kier alpha value is -4.25. The van der Waals surface area contributed by atoms with Crippen molar-refractivity contribution in [3.05, 3.63) is 59.5 Å². The number of fused-ring (bicyclic) bond motifs is 2. The lowest BCUT2D eigenvalue weighted by Crippen LogP contribution is -2.21. The van der Waals surface area contributed by atoms with Crippen LogP contribution in [0.1, 0.15) is 40.7 Å². The van der Waals surface area contributed by atoms with Gasteiger partial charge in [0.1, 0.15) is 23.1 Å². The van der Waals surface area contributed by atoms with Gasteiger partial charge in [-0.3, -0.25) is 4.79 Å². The van der Waals surface area contributed by atoms with Gasteiger partial charge in [-0.1, -0.05) is 12.1 Å². The molecule has 166 valence electrons. The van der Waals surface area contributed by atoms with Crippen molar-refractivity contribution in [2.45, 2.75) is 25.8 Å². The first-order valence-electron chi connectivity index (χ1n) is 10.6. The zero-order valence-corrected chi connectivity index (χ0v) is 18.2. The van der Waals surface area contributed by atoms with E-state index in [2.05, 4.69) is 9.88 Å². The van der Waals surface area contributed by atoms with Crippen LogP contribution < -0.4 is 10.1 Å². The quantitative estimate of drug-likeness (QED) is 0.433.